The van der Waals surface area contributed by atoms with Crippen molar-refractivity contribution in [2.75, 3.05) is 13.2 Å². The Kier molecular flexibility index (Phi) is 62.2. The molecule has 0 saturated carbocycles. The number of rotatable bonds is 60. The van der Waals surface area contributed by atoms with E-state index < -0.39 is 6.10 Å². The highest BCUT2D eigenvalue weighted by Gasteiger charge is 2.19. The van der Waals surface area contributed by atoms with Gasteiger partial charge in [-0.15, -0.1) is 0 Å². The lowest BCUT2D eigenvalue weighted by molar-refractivity contribution is -0.167. The van der Waals surface area contributed by atoms with Crippen molar-refractivity contribution in [3.05, 3.63) is 85.1 Å². The molecule has 6 heteroatoms. The molecule has 0 aromatic rings. The van der Waals surface area contributed by atoms with E-state index in [1.165, 1.54) is 180 Å². The lowest BCUT2D eigenvalue weighted by Crippen LogP contribution is -2.30. The van der Waals surface area contributed by atoms with E-state index in [2.05, 4.69) is 106 Å². The minimum Gasteiger partial charge on any atom is -0.462 e. The Morgan fingerprint density at radius 3 is 0.805 bits per heavy atom. The van der Waals surface area contributed by atoms with E-state index in [0.29, 0.717) is 19.3 Å². The van der Waals surface area contributed by atoms with Gasteiger partial charge in [0, 0.05) is 19.3 Å². The molecule has 0 fully saturated rings. The van der Waals surface area contributed by atoms with Gasteiger partial charge in [0.1, 0.15) is 13.2 Å². The monoisotopic (exact) mass is 1070 g/mol. The number of ether oxygens (including phenoxy) is 3. The molecule has 0 aliphatic heterocycles. The van der Waals surface area contributed by atoms with Gasteiger partial charge in [0.05, 0.1) is 0 Å². The molecule has 0 rings (SSSR count). The SMILES string of the molecule is CC/C=C\C/C=C\C/C=C\C/C=C\CCCCCCC(=O)OC(COC(=O)CCCCCCC/C=C\CCCCCCCC)COC(=O)CCCCCCCCCCCCCCCCC/C=C\C/C=C\CCCCCCC. The van der Waals surface area contributed by atoms with E-state index in [1.807, 2.05) is 0 Å². The van der Waals surface area contributed by atoms with Gasteiger partial charge in [-0.25, -0.2) is 0 Å². The highest BCUT2D eigenvalue weighted by atomic mass is 16.6. The van der Waals surface area contributed by atoms with Crippen LogP contribution in [0.5, 0.6) is 0 Å². The van der Waals surface area contributed by atoms with E-state index in [4.69, 9.17) is 14.2 Å². The number of allylic oxidation sites excluding steroid dienone is 14. The fraction of sp³-hybridized carbons (Fsp3) is 0.761. The molecule has 0 heterocycles. The van der Waals surface area contributed by atoms with Crippen LogP contribution in [0.3, 0.4) is 0 Å². The van der Waals surface area contributed by atoms with Gasteiger partial charge in [0.2, 0.25) is 0 Å². The molecular weight excluding hydrogens is 949 g/mol. The Morgan fingerprint density at radius 1 is 0.273 bits per heavy atom. The Hall–Kier alpha value is -3.41. The first kappa shape index (κ1) is 73.6. The smallest absolute Gasteiger partial charge is 0.306 e. The fourth-order valence-corrected chi connectivity index (χ4v) is 9.40. The van der Waals surface area contributed by atoms with Crippen LogP contribution >= 0.6 is 0 Å². The van der Waals surface area contributed by atoms with E-state index >= 15 is 0 Å². The zero-order valence-corrected chi connectivity index (χ0v) is 51.0. The third kappa shape index (κ3) is 63.3. The van der Waals surface area contributed by atoms with Crippen molar-refractivity contribution >= 4 is 17.9 Å². The van der Waals surface area contributed by atoms with Crippen LogP contribution in [0, 0.1) is 0 Å². The first-order valence-corrected chi connectivity index (χ1v) is 33.1. The summed E-state index contributed by atoms with van der Waals surface area (Å²) in [5.74, 6) is -0.907. The predicted octanol–water partition coefficient (Wildman–Crippen LogP) is 22.7. The molecule has 0 spiro atoms. The summed E-state index contributed by atoms with van der Waals surface area (Å²) in [5, 5.41) is 0. The minimum absolute atomic E-state index is 0.0875. The van der Waals surface area contributed by atoms with Crippen molar-refractivity contribution in [3.8, 4) is 0 Å². The predicted molar refractivity (Wildman–Crippen MR) is 334 cm³/mol. The van der Waals surface area contributed by atoms with Gasteiger partial charge in [0.15, 0.2) is 6.10 Å². The van der Waals surface area contributed by atoms with Crippen LogP contribution < -0.4 is 0 Å². The molecule has 444 valence electrons. The molecule has 0 saturated heterocycles. The van der Waals surface area contributed by atoms with E-state index in [0.717, 1.165) is 109 Å². The van der Waals surface area contributed by atoms with Crippen LogP contribution in [-0.2, 0) is 28.6 Å². The van der Waals surface area contributed by atoms with Crippen LogP contribution in [0.4, 0.5) is 0 Å². The van der Waals surface area contributed by atoms with Crippen molar-refractivity contribution in [2.24, 2.45) is 0 Å². The zero-order valence-electron chi connectivity index (χ0n) is 51.0. The lowest BCUT2D eigenvalue weighted by Gasteiger charge is -2.18. The first-order valence-electron chi connectivity index (χ1n) is 33.1. The zero-order chi connectivity index (χ0) is 55.7. The minimum atomic E-state index is -0.794. The standard InChI is InChI=1S/C71H124O6/c1-4-7-10-13-16-19-22-25-28-30-31-32-33-34-35-36-37-38-39-41-43-46-49-52-55-58-61-64-70(73)76-67-68(66-75-69(72)63-60-57-54-51-48-45-42-27-24-21-18-15-12-9-6-3)77-71(74)65-62-59-56-53-50-47-44-40-29-26-23-20-17-14-11-8-5-2/h8,11,17,20,22,25-27,29-31,42,44,47,68H,4-7,9-10,12-16,18-19,21,23-24,28,32-41,43,45-46,48-67H2,1-3H3/b11-8-,20-17-,25-22-,29-26-,31-30-,42-27-,47-44-. The second kappa shape index (κ2) is 65.1. The Bertz CT molecular complexity index is 1470. The molecule has 1 atom stereocenters. The molecule has 6 nitrogen and oxygen atoms in total. The van der Waals surface area contributed by atoms with Gasteiger partial charge >= 0.3 is 17.9 Å². The number of hydrogen-bond donors (Lipinski definition) is 0. The fourth-order valence-electron chi connectivity index (χ4n) is 9.40. The second-order valence-corrected chi connectivity index (χ2v) is 22.0. The molecular formula is C71H124O6. The maximum absolute atomic E-state index is 12.9. The third-order valence-electron chi connectivity index (χ3n) is 14.4. The molecule has 0 amide bonds. The molecule has 0 aliphatic rings. The van der Waals surface area contributed by atoms with Crippen molar-refractivity contribution < 1.29 is 28.6 Å². The number of hydrogen-bond acceptors (Lipinski definition) is 6. The normalized spacial score (nSPS) is 12.6. The summed E-state index contributed by atoms with van der Waals surface area (Å²) in [6, 6.07) is 0. The summed E-state index contributed by atoms with van der Waals surface area (Å²) >= 11 is 0. The summed E-state index contributed by atoms with van der Waals surface area (Å²) in [6.07, 6.45) is 86.0. The van der Waals surface area contributed by atoms with Crippen LogP contribution in [0.1, 0.15) is 329 Å². The topological polar surface area (TPSA) is 78.9 Å². The van der Waals surface area contributed by atoms with E-state index in [9.17, 15) is 14.4 Å². The first-order chi connectivity index (χ1) is 38.0. The van der Waals surface area contributed by atoms with Gasteiger partial charge in [-0.1, -0.05) is 279 Å². The second-order valence-electron chi connectivity index (χ2n) is 22.0. The maximum Gasteiger partial charge on any atom is 0.306 e. The molecule has 0 aromatic heterocycles. The Balaban J connectivity index is 4.31. The van der Waals surface area contributed by atoms with Gasteiger partial charge in [-0.2, -0.15) is 0 Å². The molecule has 0 N–H and O–H groups in total. The van der Waals surface area contributed by atoms with Gasteiger partial charge in [-0.3, -0.25) is 14.4 Å². The van der Waals surface area contributed by atoms with E-state index in [-0.39, 0.29) is 31.1 Å². The number of esters is 3. The Labute approximate surface area is 477 Å². The molecule has 1 unspecified atom stereocenters. The number of carbonyl (C=O) groups excluding carboxylic acids is 3. The molecule has 0 radical (unpaired) electrons. The van der Waals surface area contributed by atoms with Crippen LogP contribution in [0.15, 0.2) is 85.1 Å². The molecule has 0 bridgehead atoms. The molecule has 0 aromatic carbocycles. The van der Waals surface area contributed by atoms with E-state index in [1.54, 1.807) is 0 Å². The largest absolute Gasteiger partial charge is 0.462 e. The van der Waals surface area contributed by atoms with Crippen molar-refractivity contribution in [1.82, 2.24) is 0 Å². The summed E-state index contributed by atoms with van der Waals surface area (Å²) in [4.78, 5) is 38.3. The molecule has 77 heavy (non-hydrogen) atoms. The highest BCUT2D eigenvalue weighted by Crippen LogP contribution is 2.16. The molecule has 0 aliphatic carbocycles. The summed E-state index contributed by atoms with van der Waals surface area (Å²) < 4.78 is 16.9. The Morgan fingerprint density at radius 2 is 0.506 bits per heavy atom. The number of carbonyl (C=O) groups is 3. The van der Waals surface area contributed by atoms with Crippen molar-refractivity contribution in [1.29, 1.82) is 0 Å². The van der Waals surface area contributed by atoms with Crippen LogP contribution in [-0.4, -0.2) is 37.2 Å². The van der Waals surface area contributed by atoms with Crippen molar-refractivity contribution in [3.63, 3.8) is 0 Å². The van der Waals surface area contributed by atoms with Crippen LogP contribution in [0.2, 0.25) is 0 Å². The highest BCUT2D eigenvalue weighted by molar-refractivity contribution is 5.71. The number of unbranched alkanes of at least 4 members (excludes halogenated alkanes) is 35. The van der Waals surface area contributed by atoms with Crippen LogP contribution in [0.25, 0.3) is 0 Å². The average molecular weight is 1070 g/mol. The maximum atomic E-state index is 12.9. The summed E-state index contributed by atoms with van der Waals surface area (Å²) in [7, 11) is 0. The van der Waals surface area contributed by atoms with Gasteiger partial charge in [0.25, 0.3) is 0 Å². The average Bonchev–Trinajstić information content (AvgIpc) is 3.43. The lowest BCUT2D eigenvalue weighted by atomic mass is 10.0. The quantitative estimate of drug-likeness (QED) is 0.0261. The third-order valence-corrected chi connectivity index (χ3v) is 14.4. The van der Waals surface area contributed by atoms with Gasteiger partial charge in [-0.05, 0) is 116 Å². The van der Waals surface area contributed by atoms with Gasteiger partial charge < -0.3 is 14.2 Å². The summed E-state index contributed by atoms with van der Waals surface area (Å²) in [5.41, 5.74) is 0. The van der Waals surface area contributed by atoms with Crippen molar-refractivity contribution in [2.45, 2.75) is 335 Å². The summed E-state index contributed by atoms with van der Waals surface area (Å²) in [6.45, 7) is 6.52.